The van der Waals surface area contributed by atoms with Crippen LogP contribution in [0.25, 0.3) is 0 Å². The quantitative estimate of drug-likeness (QED) is 0.143. The number of rotatable bonds is 11. The van der Waals surface area contributed by atoms with Crippen LogP contribution in [0, 0.1) is 0 Å². The van der Waals surface area contributed by atoms with Crippen molar-refractivity contribution in [2.45, 2.75) is 13.1 Å². The number of anilines is 4. The molecule has 0 spiro atoms. The number of fused-ring (bicyclic) bond motifs is 1. The van der Waals surface area contributed by atoms with Crippen molar-refractivity contribution in [2.75, 3.05) is 24.5 Å². The summed E-state index contributed by atoms with van der Waals surface area (Å²) in [5, 5.41) is 16.3. The highest BCUT2D eigenvalue weighted by atomic mass is 32.1. The summed E-state index contributed by atoms with van der Waals surface area (Å²) >= 11 is 2.67. The highest BCUT2D eigenvalue weighted by Gasteiger charge is 2.15. The van der Waals surface area contributed by atoms with Crippen LogP contribution in [-0.4, -0.2) is 55.6 Å². The molecule has 0 aliphatic carbocycles. The Hall–Kier alpha value is -6.20. The Labute approximate surface area is 287 Å². The van der Waals surface area contributed by atoms with Crippen LogP contribution in [0.3, 0.4) is 0 Å². The van der Waals surface area contributed by atoms with Crippen molar-refractivity contribution in [2.24, 2.45) is 0 Å². The zero-order valence-corrected chi connectivity index (χ0v) is 27.5. The molecule has 15 nitrogen and oxygen atoms in total. The van der Waals surface area contributed by atoms with Gasteiger partial charge in [-0.25, -0.2) is 29.9 Å². The second-order valence-electron chi connectivity index (χ2n) is 9.92. The normalized spacial score (nSPS) is 11.1. The second kappa shape index (κ2) is 16.1. The van der Waals surface area contributed by atoms with E-state index in [0.29, 0.717) is 52.1 Å². The van der Waals surface area contributed by atoms with E-state index in [1.54, 1.807) is 42.4 Å². The lowest BCUT2D eigenvalue weighted by Crippen LogP contribution is -2.23. The van der Waals surface area contributed by atoms with Gasteiger partial charge in [-0.3, -0.25) is 9.59 Å². The molecule has 4 N–H and O–H groups in total. The maximum Gasteiger partial charge on any atom is 0.271 e. The number of nitrogens with one attached hydrogen (secondary N) is 4. The van der Waals surface area contributed by atoms with Gasteiger partial charge in [-0.05, 0) is 47.5 Å². The molecule has 0 atom stereocenters. The number of thiazole rings is 2. The van der Waals surface area contributed by atoms with Crippen molar-refractivity contribution >= 4 is 56.4 Å². The summed E-state index contributed by atoms with van der Waals surface area (Å²) in [6.45, 7) is 1.01. The minimum Gasteiger partial charge on any atom is -0.497 e. The molecule has 0 bridgehead atoms. The minimum absolute atomic E-state index is 0.228. The number of hydrogen-bond acceptors (Lipinski definition) is 15. The average Bonchev–Trinajstić information content (AvgIpc) is 3.93. The molecular weight excluding hydrogens is 669 g/mol. The molecule has 49 heavy (non-hydrogen) atoms. The Morgan fingerprint density at radius 2 is 1.35 bits per heavy atom. The highest BCUT2D eigenvalue weighted by molar-refractivity contribution is 7.14. The molecular formula is C32H28N10O5S2. The molecule has 0 saturated heterocycles. The summed E-state index contributed by atoms with van der Waals surface area (Å²) in [6, 6.07) is 16.6. The first-order valence-corrected chi connectivity index (χ1v) is 16.3. The van der Waals surface area contributed by atoms with Gasteiger partial charge in [0.25, 0.3) is 11.8 Å². The SMILES string of the molecule is COc1cccc(CNC(=O)c2csc(Nc3ccncn3)n2)c1.O=C(NCc1ccc2c(c1)OCO2)c1csc(Nc2ccncn2)n1. The Balaban J connectivity index is 0.000000170. The summed E-state index contributed by atoms with van der Waals surface area (Å²) in [5.74, 6) is 2.94. The Morgan fingerprint density at radius 1 is 0.755 bits per heavy atom. The predicted octanol–water partition coefficient (Wildman–Crippen LogP) is 4.95. The number of amides is 2. The van der Waals surface area contributed by atoms with E-state index in [2.05, 4.69) is 51.2 Å². The molecule has 0 saturated carbocycles. The topological polar surface area (TPSA) is 187 Å². The van der Waals surface area contributed by atoms with Crippen molar-refractivity contribution in [3.05, 3.63) is 113 Å². The minimum atomic E-state index is -0.246. The molecule has 7 rings (SSSR count). The van der Waals surface area contributed by atoms with Crippen LogP contribution in [0.4, 0.5) is 21.9 Å². The highest BCUT2D eigenvalue weighted by Crippen LogP contribution is 2.32. The van der Waals surface area contributed by atoms with E-state index in [4.69, 9.17) is 14.2 Å². The summed E-state index contributed by atoms with van der Waals surface area (Å²) in [4.78, 5) is 48.8. The number of nitrogens with zero attached hydrogens (tertiary/aromatic N) is 6. The number of hydrogen-bond donors (Lipinski definition) is 4. The van der Waals surface area contributed by atoms with E-state index in [1.165, 1.54) is 35.3 Å². The summed E-state index contributed by atoms with van der Waals surface area (Å²) < 4.78 is 15.8. The van der Waals surface area contributed by atoms with E-state index in [0.717, 1.165) is 22.6 Å². The number of ether oxygens (including phenoxy) is 3. The van der Waals surface area contributed by atoms with Crippen LogP contribution >= 0.6 is 22.7 Å². The zero-order chi connectivity index (χ0) is 33.8. The molecule has 2 amide bonds. The zero-order valence-electron chi connectivity index (χ0n) is 25.8. The fraction of sp³-hybridized carbons (Fsp3) is 0.125. The van der Waals surface area contributed by atoms with Gasteiger partial charge in [-0.15, -0.1) is 22.7 Å². The van der Waals surface area contributed by atoms with Crippen molar-refractivity contribution in [3.8, 4) is 17.2 Å². The molecule has 6 aromatic rings. The summed E-state index contributed by atoms with van der Waals surface area (Å²) in [5.41, 5.74) is 2.59. The van der Waals surface area contributed by atoms with E-state index < -0.39 is 0 Å². The predicted molar refractivity (Wildman–Crippen MR) is 183 cm³/mol. The third-order valence-corrected chi connectivity index (χ3v) is 8.10. The number of benzene rings is 2. The van der Waals surface area contributed by atoms with Gasteiger partial charge in [0.15, 0.2) is 21.8 Å². The van der Waals surface area contributed by atoms with Crippen molar-refractivity contribution < 1.29 is 23.8 Å². The van der Waals surface area contributed by atoms with Crippen molar-refractivity contribution in [1.82, 2.24) is 40.5 Å². The number of methoxy groups -OCH3 is 1. The molecule has 2 aromatic carbocycles. The smallest absolute Gasteiger partial charge is 0.271 e. The van der Waals surface area contributed by atoms with Gasteiger partial charge in [-0.1, -0.05) is 18.2 Å². The largest absolute Gasteiger partial charge is 0.497 e. The van der Waals surface area contributed by atoms with Crippen molar-refractivity contribution in [1.29, 1.82) is 0 Å². The lowest BCUT2D eigenvalue weighted by molar-refractivity contribution is 0.0939. The maximum atomic E-state index is 12.2. The Kier molecular flexibility index (Phi) is 10.7. The fourth-order valence-electron chi connectivity index (χ4n) is 4.20. The van der Waals surface area contributed by atoms with E-state index in [9.17, 15) is 9.59 Å². The molecule has 1 aliphatic heterocycles. The van der Waals surface area contributed by atoms with Crippen LogP contribution in [0.2, 0.25) is 0 Å². The molecule has 5 heterocycles. The molecule has 17 heteroatoms. The number of aromatic nitrogens is 6. The van der Waals surface area contributed by atoms with Gasteiger partial charge < -0.3 is 35.5 Å². The maximum absolute atomic E-state index is 12.2. The average molecular weight is 697 g/mol. The third-order valence-electron chi connectivity index (χ3n) is 6.58. The van der Waals surface area contributed by atoms with Crippen LogP contribution in [0.5, 0.6) is 17.2 Å². The third kappa shape index (κ3) is 9.21. The lowest BCUT2D eigenvalue weighted by Gasteiger charge is -2.05. The van der Waals surface area contributed by atoms with Gasteiger partial charge in [0.1, 0.15) is 41.4 Å². The van der Waals surface area contributed by atoms with Crippen molar-refractivity contribution in [3.63, 3.8) is 0 Å². The molecule has 0 radical (unpaired) electrons. The summed E-state index contributed by atoms with van der Waals surface area (Å²) in [7, 11) is 1.61. The first kappa shape index (κ1) is 32.7. The molecule has 0 fully saturated rings. The molecule has 1 aliphatic rings. The number of carbonyl (C=O) groups excluding carboxylic acids is 2. The molecule has 4 aromatic heterocycles. The molecule has 248 valence electrons. The number of carbonyl (C=O) groups is 2. The van der Waals surface area contributed by atoms with Gasteiger partial charge in [-0.2, -0.15) is 0 Å². The Morgan fingerprint density at radius 3 is 1.92 bits per heavy atom. The van der Waals surface area contributed by atoms with Gasteiger partial charge in [0, 0.05) is 36.2 Å². The molecule has 0 unspecified atom stereocenters. The van der Waals surface area contributed by atoms with Gasteiger partial charge >= 0.3 is 0 Å². The van der Waals surface area contributed by atoms with Crippen LogP contribution in [0.15, 0.2) is 90.4 Å². The van der Waals surface area contributed by atoms with Gasteiger partial charge in [0.05, 0.1) is 7.11 Å². The lowest BCUT2D eigenvalue weighted by atomic mass is 10.2. The van der Waals surface area contributed by atoms with E-state index in [1.807, 2.05) is 42.5 Å². The second-order valence-corrected chi connectivity index (χ2v) is 11.6. The van der Waals surface area contributed by atoms with Crippen LogP contribution in [0.1, 0.15) is 32.1 Å². The van der Waals surface area contributed by atoms with E-state index >= 15 is 0 Å². The Bertz CT molecular complexity index is 2010. The van der Waals surface area contributed by atoms with Crippen LogP contribution in [-0.2, 0) is 13.1 Å². The fourth-order valence-corrected chi connectivity index (χ4v) is 5.59. The monoisotopic (exact) mass is 696 g/mol. The first-order chi connectivity index (χ1) is 24.0. The first-order valence-electron chi connectivity index (χ1n) is 14.6. The van der Waals surface area contributed by atoms with Gasteiger partial charge in [0.2, 0.25) is 6.79 Å². The van der Waals surface area contributed by atoms with Crippen LogP contribution < -0.4 is 35.5 Å². The standard InChI is InChI=1S/C16H13N5O3S.C16H15N5O2S/c22-15(18-6-10-1-2-12-13(5-10)24-9-23-12)11-7-25-16(20-11)21-14-3-4-17-8-19-14;1-23-12-4-2-3-11(7-12)8-18-15(22)13-9-24-16(20-13)21-14-5-6-17-10-19-14/h1-5,7-8H,6,9H2,(H,18,22)(H,17,19,20,21);2-7,9-10H,8H2,1H3,(H,18,22)(H,17,19,20,21). The van der Waals surface area contributed by atoms with E-state index in [-0.39, 0.29) is 18.6 Å². The summed E-state index contributed by atoms with van der Waals surface area (Å²) in [6.07, 6.45) is 6.14.